The van der Waals surface area contributed by atoms with Crippen LogP contribution in [-0.2, 0) is 13.6 Å². The summed E-state index contributed by atoms with van der Waals surface area (Å²) < 4.78 is 26.1. The van der Waals surface area contributed by atoms with Crippen LogP contribution in [-0.4, -0.2) is 27.2 Å². The molecule has 0 amide bonds. The molecule has 2 rings (SSSR count). The first-order valence-corrected chi connectivity index (χ1v) is 7.03. The van der Waals surface area contributed by atoms with Crippen molar-refractivity contribution in [3.8, 4) is 5.75 Å². The third-order valence-corrected chi connectivity index (χ3v) is 3.78. The minimum Gasteiger partial charge on any atom is -0.404 e. The van der Waals surface area contributed by atoms with Gasteiger partial charge in [-0.25, -0.2) is 13.6 Å². The van der Waals surface area contributed by atoms with Gasteiger partial charge in [0.2, 0.25) is 0 Å². The van der Waals surface area contributed by atoms with Crippen molar-refractivity contribution in [2.24, 2.45) is 0 Å². The molecule has 1 aliphatic heterocycles. The Hall–Kier alpha value is -1.51. The third kappa shape index (κ3) is 3.33. The Labute approximate surface area is 113 Å². The van der Waals surface area contributed by atoms with E-state index in [0.29, 0.717) is 0 Å². The van der Waals surface area contributed by atoms with Crippen LogP contribution in [0.3, 0.4) is 0 Å². The molecular weight excluding hydrogens is 293 g/mol. The van der Waals surface area contributed by atoms with Crippen LogP contribution in [0, 0.1) is 10.1 Å². The number of phosphoric acid groups is 1. The molecule has 1 aliphatic rings. The van der Waals surface area contributed by atoms with Crippen molar-refractivity contribution in [3.05, 3.63) is 34.4 Å². The topological polar surface area (TPSA) is 128 Å². The van der Waals surface area contributed by atoms with Crippen molar-refractivity contribution < 1.29 is 33.3 Å². The van der Waals surface area contributed by atoms with E-state index < -0.39 is 24.8 Å². The van der Waals surface area contributed by atoms with Gasteiger partial charge in [-0.05, 0) is 19.1 Å². The van der Waals surface area contributed by atoms with E-state index in [0.717, 1.165) is 12.1 Å². The lowest BCUT2D eigenvalue weighted by atomic mass is 10.2. The van der Waals surface area contributed by atoms with Crippen molar-refractivity contribution in [1.82, 2.24) is 0 Å². The van der Waals surface area contributed by atoms with Crippen molar-refractivity contribution >= 4 is 13.5 Å². The molecule has 0 aromatic heterocycles. The number of rotatable bonds is 5. The lowest BCUT2D eigenvalue weighted by molar-refractivity contribution is -0.384. The van der Waals surface area contributed by atoms with Crippen LogP contribution in [0.1, 0.15) is 13.3 Å². The quantitative estimate of drug-likeness (QED) is 0.476. The number of hydrogen-bond acceptors (Lipinski definition) is 8. The fraction of sp³-hybridized carbons (Fsp3) is 0.400. The Kier molecular flexibility index (Phi) is 3.81. The predicted molar refractivity (Wildman–Crippen MR) is 64.7 cm³/mol. The van der Waals surface area contributed by atoms with Crippen molar-refractivity contribution in [2.75, 3.05) is 0 Å². The van der Waals surface area contributed by atoms with Crippen LogP contribution in [0.15, 0.2) is 24.3 Å². The summed E-state index contributed by atoms with van der Waals surface area (Å²) in [6, 6.07) is 4.75. The maximum absolute atomic E-state index is 11.8. The minimum atomic E-state index is -3.96. The first-order chi connectivity index (χ1) is 9.21. The number of aliphatic hydroxyl groups is 2. The van der Waals surface area contributed by atoms with Gasteiger partial charge >= 0.3 is 13.8 Å². The summed E-state index contributed by atoms with van der Waals surface area (Å²) in [6.45, 7) is 1.39. The maximum Gasteiger partial charge on any atom is 0.538 e. The van der Waals surface area contributed by atoms with Crippen molar-refractivity contribution in [3.63, 3.8) is 0 Å². The molecule has 1 fully saturated rings. The standard InChI is InChI=1S/C10H12NO8P/c1-7(12)6-10(13)18-20(16,19-10)17-9-4-2-8(3-5-9)11(14)15/h2-5,7,12-13H,6H2,1H3. The first kappa shape index (κ1) is 14.9. The highest BCUT2D eigenvalue weighted by atomic mass is 31.2. The summed E-state index contributed by atoms with van der Waals surface area (Å²) in [7, 11) is -3.96. The number of nitro groups is 1. The Morgan fingerprint density at radius 3 is 2.45 bits per heavy atom. The van der Waals surface area contributed by atoms with E-state index in [-0.39, 0.29) is 17.9 Å². The number of benzene rings is 1. The number of non-ortho nitro benzene ring substituents is 1. The highest BCUT2D eigenvalue weighted by Crippen LogP contribution is 2.64. The Morgan fingerprint density at radius 1 is 1.45 bits per heavy atom. The molecule has 0 saturated carbocycles. The fourth-order valence-electron chi connectivity index (χ4n) is 1.60. The van der Waals surface area contributed by atoms with Crippen LogP contribution >= 0.6 is 7.82 Å². The van der Waals surface area contributed by atoms with Crippen molar-refractivity contribution in [2.45, 2.75) is 25.4 Å². The molecule has 2 N–H and O–H groups in total. The molecule has 0 spiro atoms. The van der Waals surface area contributed by atoms with Gasteiger partial charge in [-0.1, -0.05) is 0 Å². The van der Waals surface area contributed by atoms with E-state index in [4.69, 9.17) is 9.63 Å². The number of phosphoric ester groups is 1. The highest BCUT2D eigenvalue weighted by molar-refractivity contribution is 7.50. The van der Waals surface area contributed by atoms with Gasteiger partial charge in [-0.2, -0.15) is 0 Å². The maximum atomic E-state index is 11.8. The molecule has 1 atom stereocenters. The molecule has 1 saturated heterocycles. The van der Waals surface area contributed by atoms with Crippen LogP contribution in [0.4, 0.5) is 5.69 Å². The zero-order valence-electron chi connectivity index (χ0n) is 10.3. The summed E-state index contributed by atoms with van der Waals surface area (Å²) in [5.74, 6) is -2.12. The molecule has 1 unspecified atom stereocenters. The number of nitro benzene ring substituents is 1. The second kappa shape index (κ2) is 5.12. The smallest absolute Gasteiger partial charge is 0.404 e. The summed E-state index contributed by atoms with van der Waals surface area (Å²) in [6.07, 6.45) is -1.21. The Morgan fingerprint density at radius 2 is 2.00 bits per heavy atom. The van der Waals surface area contributed by atoms with Crippen LogP contribution < -0.4 is 4.52 Å². The second-order valence-electron chi connectivity index (χ2n) is 4.24. The van der Waals surface area contributed by atoms with E-state index in [1.54, 1.807) is 0 Å². The van der Waals surface area contributed by atoms with Gasteiger partial charge in [0.25, 0.3) is 5.69 Å². The zero-order chi connectivity index (χ0) is 15.0. The van der Waals surface area contributed by atoms with Gasteiger partial charge in [0.05, 0.1) is 17.4 Å². The normalized spacial score (nSPS) is 30.4. The Bertz CT molecular complexity index is 547. The summed E-state index contributed by atoms with van der Waals surface area (Å²) in [4.78, 5) is 9.86. The van der Waals surface area contributed by atoms with Crippen LogP contribution in [0.2, 0.25) is 0 Å². The molecule has 1 heterocycles. The molecule has 0 bridgehead atoms. The number of nitrogens with zero attached hydrogens (tertiary/aromatic N) is 1. The summed E-state index contributed by atoms with van der Waals surface area (Å²) >= 11 is 0. The third-order valence-electron chi connectivity index (χ3n) is 2.33. The van der Waals surface area contributed by atoms with Gasteiger partial charge in [0.1, 0.15) is 5.75 Å². The highest BCUT2D eigenvalue weighted by Gasteiger charge is 2.58. The van der Waals surface area contributed by atoms with Gasteiger partial charge in [-0.3, -0.25) is 10.1 Å². The molecule has 9 nitrogen and oxygen atoms in total. The molecular formula is C10H12NO8P. The largest absolute Gasteiger partial charge is 0.538 e. The van der Waals surface area contributed by atoms with Crippen LogP contribution in [0.25, 0.3) is 0 Å². The lowest BCUT2D eigenvalue weighted by Crippen LogP contribution is -2.46. The average Bonchev–Trinajstić information content (AvgIpc) is 2.25. The average molecular weight is 305 g/mol. The number of aliphatic hydroxyl groups excluding tert-OH is 1. The first-order valence-electron chi connectivity index (χ1n) is 5.57. The van der Waals surface area contributed by atoms with E-state index >= 15 is 0 Å². The zero-order valence-corrected chi connectivity index (χ0v) is 11.2. The SMILES string of the molecule is CC(O)CC1(O)OP(=O)(Oc2ccc([N+](=O)[O-])cc2)O1. The molecule has 1 aromatic carbocycles. The fourth-order valence-corrected chi connectivity index (χ4v) is 2.92. The lowest BCUT2D eigenvalue weighted by Gasteiger charge is -2.40. The molecule has 20 heavy (non-hydrogen) atoms. The minimum absolute atomic E-state index is 0.0260. The van der Waals surface area contributed by atoms with E-state index in [1.807, 2.05) is 0 Å². The van der Waals surface area contributed by atoms with Crippen LogP contribution in [0.5, 0.6) is 5.75 Å². The number of hydrogen-bond donors (Lipinski definition) is 2. The molecule has 110 valence electrons. The van der Waals surface area contributed by atoms with Gasteiger partial charge in [0, 0.05) is 12.1 Å². The molecule has 1 aromatic rings. The van der Waals surface area contributed by atoms with E-state index in [2.05, 4.69) is 9.05 Å². The second-order valence-corrected chi connectivity index (χ2v) is 5.68. The molecule has 0 radical (unpaired) electrons. The molecule has 0 aliphatic carbocycles. The van der Waals surface area contributed by atoms with Gasteiger partial charge < -0.3 is 14.7 Å². The Balaban J connectivity index is 1.98. The van der Waals surface area contributed by atoms with Gasteiger partial charge in [-0.15, -0.1) is 0 Å². The van der Waals surface area contributed by atoms with E-state index in [9.17, 15) is 19.8 Å². The molecule has 10 heteroatoms. The summed E-state index contributed by atoms with van der Waals surface area (Å²) in [5, 5.41) is 29.1. The predicted octanol–water partition coefficient (Wildman–Crippen LogP) is 1.55. The van der Waals surface area contributed by atoms with Crippen molar-refractivity contribution in [1.29, 1.82) is 0 Å². The summed E-state index contributed by atoms with van der Waals surface area (Å²) in [5.41, 5.74) is -0.156. The van der Waals surface area contributed by atoms with E-state index in [1.165, 1.54) is 19.1 Å². The monoisotopic (exact) mass is 305 g/mol. The van der Waals surface area contributed by atoms with Gasteiger partial charge in [0.15, 0.2) is 0 Å².